The molecule has 1 aliphatic rings. The molecule has 3 aromatic heterocycles. The van der Waals surface area contributed by atoms with Gasteiger partial charge in [0.1, 0.15) is 11.3 Å². The highest BCUT2D eigenvalue weighted by Gasteiger charge is 2.24. The van der Waals surface area contributed by atoms with Gasteiger partial charge in [0.2, 0.25) is 0 Å². The van der Waals surface area contributed by atoms with Crippen molar-refractivity contribution < 1.29 is 4.74 Å². The van der Waals surface area contributed by atoms with E-state index in [-0.39, 0.29) is 0 Å². The molecule has 20 heavy (non-hydrogen) atoms. The van der Waals surface area contributed by atoms with Crippen molar-refractivity contribution >= 4 is 11.2 Å². The molecule has 0 bridgehead atoms. The minimum absolute atomic E-state index is 0.296. The number of fused-ring (bicyclic) bond motifs is 1. The number of nitrogens with zero attached hydrogens (tertiary/aromatic N) is 4. The van der Waals surface area contributed by atoms with Crippen LogP contribution in [0.5, 0.6) is 0 Å². The summed E-state index contributed by atoms with van der Waals surface area (Å²) in [6, 6.07) is 8.16. The summed E-state index contributed by atoms with van der Waals surface area (Å²) < 4.78 is 7.72. The number of hydrogen-bond donors (Lipinski definition) is 0. The van der Waals surface area contributed by atoms with Crippen LogP contribution in [0.25, 0.3) is 22.6 Å². The van der Waals surface area contributed by atoms with E-state index in [0.717, 1.165) is 42.2 Å². The number of hydrogen-bond acceptors (Lipinski definition) is 4. The molecule has 5 nitrogen and oxygen atoms in total. The molecule has 0 spiro atoms. The smallest absolute Gasteiger partial charge is 0.160 e. The van der Waals surface area contributed by atoms with Gasteiger partial charge in [0.25, 0.3) is 0 Å². The quantitative estimate of drug-likeness (QED) is 0.715. The average molecular weight is 266 g/mol. The highest BCUT2D eigenvalue weighted by Crippen LogP contribution is 2.30. The van der Waals surface area contributed by atoms with Crippen LogP contribution in [0.1, 0.15) is 12.5 Å². The van der Waals surface area contributed by atoms with Gasteiger partial charge in [0, 0.05) is 30.8 Å². The van der Waals surface area contributed by atoms with Crippen molar-refractivity contribution in [3.8, 4) is 11.4 Å². The number of ether oxygens (including phenoxy) is 1. The van der Waals surface area contributed by atoms with Crippen molar-refractivity contribution in [1.29, 1.82) is 0 Å². The zero-order valence-corrected chi connectivity index (χ0v) is 10.9. The zero-order chi connectivity index (χ0) is 13.4. The lowest BCUT2D eigenvalue weighted by atomic mass is 10.2. The van der Waals surface area contributed by atoms with Gasteiger partial charge in [-0.3, -0.25) is 4.98 Å². The molecule has 1 atom stereocenters. The van der Waals surface area contributed by atoms with Crippen molar-refractivity contribution in [2.24, 2.45) is 0 Å². The predicted molar refractivity (Wildman–Crippen MR) is 75.2 cm³/mol. The molecule has 0 amide bonds. The Morgan fingerprint density at radius 3 is 2.95 bits per heavy atom. The standard InChI is InChI=1S/C15H14N4O/c1-3-11(9-16-6-1)14-18-13-4-2-7-17-15(13)19(14)12-5-8-20-10-12/h1-4,6-7,9,12H,5,8,10H2. The fraction of sp³-hybridized carbons (Fsp3) is 0.267. The maximum atomic E-state index is 5.53. The van der Waals surface area contributed by atoms with Gasteiger partial charge in [-0.2, -0.15) is 0 Å². The summed E-state index contributed by atoms with van der Waals surface area (Å²) >= 11 is 0. The van der Waals surface area contributed by atoms with Crippen LogP contribution in [0.3, 0.4) is 0 Å². The fourth-order valence-corrected chi connectivity index (χ4v) is 2.70. The van der Waals surface area contributed by atoms with E-state index in [1.165, 1.54) is 0 Å². The van der Waals surface area contributed by atoms with Crippen molar-refractivity contribution in [1.82, 2.24) is 19.5 Å². The topological polar surface area (TPSA) is 52.8 Å². The van der Waals surface area contributed by atoms with E-state index in [0.29, 0.717) is 6.04 Å². The fourth-order valence-electron chi connectivity index (χ4n) is 2.70. The second-order valence-corrected chi connectivity index (χ2v) is 4.91. The van der Waals surface area contributed by atoms with Gasteiger partial charge in [-0.25, -0.2) is 9.97 Å². The Kier molecular flexibility index (Phi) is 2.70. The van der Waals surface area contributed by atoms with Crippen LogP contribution >= 0.6 is 0 Å². The molecule has 0 aliphatic carbocycles. The Bertz CT molecular complexity index is 732. The third-order valence-electron chi connectivity index (χ3n) is 3.64. The summed E-state index contributed by atoms with van der Waals surface area (Å²) in [4.78, 5) is 13.4. The Morgan fingerprint density at radius 1 is 1.20 bits per heavy atom. The van der Waals surface area contributed by atoms with Crippen LogP contribution < -0.4 is 0 Å². The Hall–Kier alpha value is -2.27. The molecule has 1 fully saturated rings. The highest BCUT2D eigenvalue weighted by molar-refractivity contribution is 5.77. The van der Waals surface area contributed by atoms with Crippen molar-refractivity contribution in [2.75, 3.05) is 13.2 Å². The summed E-state index contributed by atoms with van der Waals surface area (Å²) in [5, 5.41) is 0. The van der Waals surface area contributed by atoms with Gasteiger partial charge in [0.15, 0.2) is 5.65 Å². The zero-order valence-electron chi connectivity index (χ0n) is 10.9. The van der Waals surface area contributed by atoms with Crippen LogP contribution in [0, 0.1) is 0 Å². The summed E-state index contributed by atoms with van der Waals surface area (Å²) in [5.74, 6) is 0.919. The molecule has 0 saturated carbocycles. The summed E-state index contributed by atoms with van der Waals surface area (Å²) in [7, 11) is 0. The third kappa shape index (κ3) is 1.78. The summed E-state index contributed by atoms with van der Waals surface area (Å²) in [6.07, 6.45) is 6.42. The van der Waals surface area contributed by atoms with Crippen LogP contribution in [-0.4, -0.2) is 32.7 Å². The first-order chi connectivity index (χ1) is 9.93. The van der Waals surface area contributed by atoms with E-state index in [1.54, 1.807) is 6.20 Å². The summed E-state index contributed by atoms with van der Waals surface area (Å²) in [6.45, 7) is 1.51. The van der Waals surface area contributed by atoms with E-state index in [2.05, 4.69) is 14.5 Å². The van der Waals surface area contributed by atoms with Crippen LogP contribution in [0.2, 0.25) is 0 Å². The maximum Gasteiger partial charge on any atom is 0.160 e. The van der Waals surface area contributed by atoms with E-state index in [4.69, 9.17) is 9.72 Å². The van der Waals surface area contributed by atoms with Crippen LogP contribution in [0.15, 0.2) is 42.9 Å². The Morgan fingerprint density at radius 2 is 2.15 bits per heavy atom. The maximum absolute atomic E-state index is 5.53. The van der Waals surface area contributed by atoms with Gasteiger partial charge in [-0.05, 0) is 30.7 Å². The molecule has 4 heterocycles. The van der Waals surface area contributed by atoms with E-state index < -0.39 is 0 Å². The molecule has 3 aromatic rings. The minimum Gasteiger partial charge on any atom is -0.379 e. The lowest BCUT2D eigenvalue weighted by Gasteiger charge is -2.14. The predicted octanol–water partition coefficient (Wildman–Crippen LogP) is 2.45. The van der Waals surface area contributed by atoms with Crippen LogP contribution in [-0.2, 0) is 4.74 Å². The molecular formula is C15H14N4O. The molecule has 100 valence electrons. The molecule has 1 saturated heterocycles. The highest BCUT2D eigenvalue weighted by atomic mass is 16.5. The molecule has 4 rings (SSSR count). The van der Waals surface area contributed by atoms with Gasteiger partial charge in [-0.15, -0.1) is 0 Å². The van der Waals surface area contributed by atoms with Gasteiger partial charge in [-0.1, -0.05) is 0 Å². The Labute approximate surface area is 116 Å². The number of pyridine rings is 2. The van der Waals surface area contributed by atoms with Crippen molar-refractivity contribution in [2.45, 2.75) is 12.5 Å². The van der Waals surface area contributed by atoms with Gasteiger partial charge in [0.05, 0.1) is 12.6 Å². The minimum atomic E-state index is 0.296. The second kappa shape index (κ2) is 4.68. The Balaban J connectivity index is 1.97. The van der Waals surface area contributed by atoms with Crippen molar-refractivity contribution in [3.63, 3.8) is 0 Å². The molecule has 0 radical (unpaired) electrons. The first-order valence-corrected chi connectivity index (χ1v) is 6.74. The van der Waals surface area contributed by atoms with E-state index in [9.17, 15) is 0 Å². The number of rotatable bonds is 2. The van der Waals surface area contributed by atoms with E-state index in [1.807, 2.05) is 36.7 Å². The summed E-state index contributed by atoms with van der Waals surface area (Å²) in [5.41, 5.74) is 2.84. The number of aromatic nitrogens is 4. The normalized spacial score (nSPS) is 18.7. The average Bonchev–Trinajstić information content (AvgIpc) is 3.14. The monoisotopic (exact) mass is 266 g/mol. The molecule has 1 aliphatic heterocycles. The van der Waals surface area contributed by atoms with Crippen molar-refractivity contribution in [3.05, 3.63) is 42.9 Å². The largest absolute Gasteiger partial charge is 0.379 e. The SMILES string of the molecule is c1cncc(-c2nc3cccnc3n2C2CCOC2)c1. The van der Waals surface area contributed by atoms with Crippen LogP contribution in [0.4, 0.5) is 0 Å². The number of imidazole rings is 1. The van der Waals surface area contributed by atoms with E-state index >= 15 is 0 Å². The molecule has 1 unspecified atom stereocenters. The molecular weight excluding hydrogens is 252 g/mol. The van der Waals surface area contributed by atoms with Gasteiger partial charge >= 0.3 is 0 Å². The lowest BCUT2D eigenvalue weighted by molar-refractivity contribution is 0.187. The first-order valence-electron chi connectivity index (χ1n) is 6.74. The molecule has 0 aromatic carbocycles. The molecule has 5 heteroatoms. The third-order valence-corrected chi connectivity index (χ3v) is 3.64. The van der Waals surface area contributed by atoms with Gasteiger partial charge < -0.3 is 9.30 Å². The lowest BCUT2D eigenvalue weighted by Crippen LogP contribution is -2.10. The second-order valence-electron chi connectivity index (χ2n) is 4.91. The first kappa shape index (κ1) is 11.5. The molecule has 0 N–H and O–H groups in total.